The molecule has 0 aromatic rings. The van der Waals surface area contributed by atoms with Crippen LogP contribution in [0.1, 0.15) is 12.8 Å². The lowest BCUT2D eigenvalue weighted by Crippen LogP contribution is -2.56. The van der Waals surface area contributed by atoms with E-state index in [1.807, 2.05) is 4.90 Å². The summed E-state index contributed by atoms with van der Waals surface area (Å²) in [5.74, 6) is -0.129. The van der Waals surface area contributed by atoms with Crippen LogP contribution in [0.2, 0.25) is 0 Å². The first kappa shape index (κ1) is 13.4. The highest BCUT2D eigenvalue weighted by molar-refractivity contribution is 5.90. The Kier molecular flexibility index (Phi) is 3.60. The van der Waals surface area contributed by atoms with Crippen LogP contribution in [0.4, 0.5) is 0 Å². The quantitative estimate of drug-likeness (QED) is 0.665. The Bertz CT molecular complexity index is 435. The van der Waals surface area contributed by atoms with Crippen molar-refractivity contribution >= 4 is 17.7 Å². The topological polar surface area (TPSA) is 73.0 Å². The normalized spacial score (nSPS) is 24.3. The molecule has 1 N–H and O–H groups in total. The molecule has 2 heterocycles. The highest BCUT2D eigenvalue weighted by Crippen LogP contribution is 2.28. The minimum atomic E-state index is -0.121. The molecule has 0 atom stereocenters. The molecule has 7 nitrogen and oxygen atoms in total. The van der Waals surface area contributed by atoms with E-state index in [-0.39, 0.29) is 30.8 Å². The van der Waals surface area contributed by atoms with E-state index < -0.39 is 0 Å². The lowest BCUT2D eigenvalue weighted by atomic mass is 10.2. The Morgan fingerprint density at radius 1 is 1.15 bits per heavy atom. The highest BCUT2D eigenvalue weighted by Gasteiger charge is 2.37. The molecule has 0 spiro atoms. The van der Waals surface area contributed by atoms with Crippen LogP contribution in [0.3, 0.4) is 0 Å². The molecule has 1 saturated carbocycles. The van der Waals surface area contributed by atoms with Gasteiger partial charge in [0.2, 0.25) is 17.7 Å². The van der Waals surface area contributed by atoms with Crippen molar-refractivity contribution in [1.29, 1.82) is 0 Å². The molecular weight excluding hydrogens is 260 g/mol. The van der Waals surface area contributed by atoms with Crippen molar-refractivity contribution in [2.24, 2.45) is 0 Å². The molecule has 110 valence electrons. The Morgan fingerprint density at radius 3 is 2.60 bits per heavy atom. The molecule has 3 amide bonds. The van der Waals surface area contributed by atoms with Crippen molar-refractivity contribution in [3.05, 3.63) is 0 Å². The zero-order valence-electron chi connectivity index (χ0n) is 11.5. The molecule has 0 aromatic heterocycles. The van der Waals surface area contributed by atoms with Crippen LogP contribution in [-0.4, -0.2) is 84.3 Å². The number of hydrogen-bond acceptors (Lipinski definition) is 4. The number of hydrogen-bond donors (Lipinski definition) is 1. The molecule has 1 aliphatic carbocycles. The number of nitrogens with one attached hydrogen (secondary N) is 1. The van der Waals surface area contributed by atoms with Gasteiger partial charge in [-0.15, -0.1) is 0 Å². The van der Waals surface area contributed by atoms with E-state index in [9.17, 15) is 14.4 Å². The fraction of sp³-hybridized carbons (Fsp3) is 0.769. The molecular formula is C13H20N4O3. The second-order valence-electron chi connectivity index (χ2n) is 5.63. The Balaban J connectivity index is 1.52. The molecule has 20 heavy (non-hydrogen) atoms. The Morgan fingerprint density at radius 2 is 1.95 bits per heavy atom. The standard InChI is InChI=1S/C13H20N4O3/c18-11-7-14-3-4-15(11)8-12(19)16-5-6-17(10-1-2-10)13(20)9-16/h10,14H,1-9H2. The van der Waals surface area contributed by atoms with Gasteiger partial charge in [-0.25, -0.2) is 0 Å². The van der Waals surface area contributed by atoms with E-state index >= 15 is 0 Å². The second kappa shape index (κ2) is 5.40. The Hall–Kier alpha value is -1.63. The lowest BCUT2D eigenvalue weighted by Gasteiger charge is -2.36. The van der Waals surface area contributed by atoms with Crippen LogP contribution in [-0.2, 0) is 14.4 Å². The van der Waals surface area contributed by atoms with Crippen LogP contribution in [0.15, 0.2) is 0 Å². The first-order chi connectivity index (χ1) is 9.65. The average Bonchev–Trinajstić information content (AvgIpc) is 3.25. The van der Waals surface area contributed by atoms with Crippen LogP contribution in [0, 0.1) is 0 Å². The zero-order valence-corrected chi connectivity index (χ0v) is 11.5. The monoisotopic (exact) mass is 280 g/mol. The summed E-state index contributed by atoms with van der Waals surface area (Å²) in [4.78, 5) is 40.9. The van der Waals surface area contributed by atoms with Gasteiger partial charge in [0.05, 0.1) is 19.6 Å². The van der Waals surface area contributed by atoms with Gasteiger partial charge in [0.15, 0.2) is 0 Å². The van der Waals surface area contributed by atoms with Gasteiger partial charge in [-0.05, 0) is 12.8 Å². The average molecular weight is 280 g/mol. The summed E-state index contributed by atoms with van der Waals surface area (Å²) in [6.45, 7) is 3.04. The van der Waals surface area contributed by atoms with Crippen molar-refractivity contribution < 1.29 is 14.4 Å². The van der Waals surface area contributed by atoms with E-state index in [1.165, 1.54) is 0 Å². The summed E-state index contributed by atoms with van der Waals surface area (Å²) >= 11 is 0. The predicted octanol–water partition coefficient (Wildman–Crippen LogP) is -1.75. The zero-order chi connectivity index (χ0) is 14.1. The summed E-state index contributed by atoms with van der Waals surface area (Å²) in [7, 11) is 0. The lowest BCUT2D eigenvalue weighted by molar-refractivity contribution is -0.148. The summed E-state index contributed by atoms with van der Waals surface area (Å²) in [6, 6.07) is 0.412. The molecule has 0 bridgehead atoms. The number of piperazine rings is 2. The van der Waals surface area contributed by atoms with Crippen molar-refractivity contribution in [2.75, 3.05) is 45.8 Å². The van der Waals surface area contributed by atoms with Crippen molar-refractivity contribution in [1.82, 2.24) is 20.0 Å². The van der Waals surface area contributed by atoms with Gasteiger partial charge in [-0.1, -0.05) is 0 Å². The molecule has 3 aliphatic rings. The Labute approximate surface area is 117 Å². The van der Waals surface area contributed by atoms with Gasteiger partial charge in [0, 0.05) is 32.2 Å². The van der Waals surface area contributed by atoms with Gasteiger partial charge in [0.25, 0.3) is 0 Å². The molecule has 3 rings (SSSR count). The molecule has 0 radical (unpaired) electrons. The summed E-state index contributed by atoms with van der Waals surface area (Å²) in [6.07, 6.45) is 2.18. The largest absolute Gasteiger partial charge is 0.336 e. The number of nitrogens with zero attached hydrogens (tertiary/aromatic N) is 3. The SMILES string of the molecule is O=C1CNCCN1CC(=O)N1CCN(C2CC2)C(=O)C1. The smallest absolute Gasteiger partial charge is 0.242 e. The van der Waals surface area contributed by atoms with Crippen LogP contribution < -0.4 is 5.32 Å². The van der Waals surface area contributed by atoms with Crippen LogP contribution >= 0.6 is 0 Å². The summed E-state index contributed by atoms with van der Waals surface area (Å²) in [5, 5.41) is 2.97. The van der Waals surface area contributed by atoms with Crippen LogP contribution in [0.25, 0.3) is 0 Å². The molecule has 7 heteroatoms. The van der Waals surface area contributed by atoms with Gasteiger partial charge in [-0.3, -0.25) is 14.4 Å². The third-order valence-corrected chi connectivity index (χ3v) is 4.11. The number of carbonyl (C=O) groups excluding carboxylic acids is 3. The third-order valence-electron chi connectivity index (χ3n) is 4.11. The number of rotatable bonds is 3. The highest BCUT2D eigenvalue weighted by atomic mass is 16.2. The van der Waals surface area contributed by atoms with Crippen molar-refractivity contribution in [3.8, 4) is 0 Å². The summed E-state index contributed by atoms with van der Waals surface area (Å²) < 4.78 is 0. The fourth-order valence-electron chi connectivity index (χ4n) is 2.75. The minimum absolute atomic E-state index is 0.0405. The second-order valence-corrected chi connectivity index (χ2v) is 5.63. The van der Waals surface area contributed by atoms with Gasteiger partial charge < -0.3 is 20.0 Å². The number of carbonyl (C=O) groups is 3. The van der Waals surface area contributed by atoms with E-state index in [0.29, 0.717) is 38.8 Å². The van der Waals surface area contributed by atoms with Crippen molar-refractivity contribution in [2.45, 2.75) is 18.9 Å². The van der Waals surface area contributed by atoms with E-state index in [0.717, 1.165) is 12.8 Å². The van der Waals surface area contributed by atoms with Gasteiger partial charge in [-0.2, -0.15) is 0 Å². The summed E-state index contributed by atoms with van der Waals surface area (Å²) in [5.41, 5.74) is 0. The first-order valence-electron chi connectivity index (χ1n) is 7.21. The first-order valence-corrected chi connectivity index (χ1v) is 7.21. The van der Waals surface area contributed by atoms with Crippen LogP contribution in [0.5, 0.6) is 0 Å². The fourth-order valence-corrected chi connectivity index (χ4v) is 2.75. The minimum Gasteiger partial charge on any atom is -0.336 e. The maximum absolute atomic E-state index is 12.2. The maximum Gasteiger partial charge on any atom is 0.242 e. The van der Waals surface area contributed by atoms with Gasteiger partial charge in [0.1, 0.15) is 0 Å². The van der Waals surface area contributed by atoms with E-state index in [1.54, 1.807) is 9.80 Å². The third kappa shape index (κ3) is 2.77. The molecule has 0 unspecified atom stereocenters. The molecule has 2 saturated heterocycles. The van der Waals surface area contributed by atoms with Gasteiger partial charge >= 0.3 is 0 Å². The molecule has 0 aromatic carbocycles. The van der Waals surface area contributed by atoms with E-state index in [2.05, 4.69) is 5.32 Å². The van der Waals surface area contributed by atoms with E-state index in [4.69, 9.17) is 0 Å². The van der Waals surface area contributed by atoms with Crippen molar-refractivity contribution in [3.63, 3.8) is 0 Å². The maximum atomic E-state index is 12.2. The number of amides is 3. The predicted molar refractivity (Wildman–Crippen MR) is 70.8 cm³/mol. The molecule has 3 fully saturated rings. The molecule has 2 aliphatic heterocycles.